The molecular weight excluding hydrogens is 124 g/mol. The minimum Gasteiger partial charge on any atom is -0.386 e. The van der Waals surface area contributed by atoms with E-state index in [0.29, 0.717) is 5.92 Å². The molecule has 1 heteroatoms. The Kier molecular flexibility index (Phi) is 2.14. The zero-order chi connectivity index (χ0) is 7.61. The van der Waals surface area contributed by atoms with E-state index in [0.717, 1.165) is 19.3 Å². The van der Waals surface area contributed by atoms with Crippen LogP contribution in [0.25, 0.3) is 0 Å². The summed E-state index contributed by atoms with van der Waals surface area (Å²) in [7, 11) is 0. The van der Waals surface area contributed by atoms with Crippen LogP contribution in [-0.4, -0.2) is 10.7 Å². The molecule has 1 saturated carbocycles. The molecule has 1 aliphatic rings. The minimum absolute atomic E-state index is 0.544. The molecule has 58 valence electrons. The Bertz CT molecular complexity index is 131. The van der Waals surface area contributed by atoms with Gasteiger partial charge in [0, 0.05) is 0 Å². The first-order valence-corrected chi connectivity index (χ1v) is 4.02. The maximum Gasteiger partial charge on any atom is 0.0827 e. The molecule has 1 N–H and O–H groups in total. The summed E-state index contributed by atoms with van der Waals surface area (Å²) in [6.07, 6.45) is 5.90. The summed E-state index contributed by atoms with van der Waals surface area (Å²) in [5.74, 6) is 0.664. The van der Waals surface area contributed by atoms with Crippen molar-refractivity contribution < 1.29 is 5.11 Å². The molecule has 0 saturated heterocycles. The second-order valence-electron chi connectivity index (χ2n) is 3.51. The van der Waals surface area contributed by atoms with E-state index < -0.39 is 5.60 Å². The van der Waals surface area contributed by atoms with Gasteiger partial charge in [-0.15, -0.1) is 6.58 Å². The molecule has 0 aromatic carbocycles. The van der Waals surface area contributed by atoms with Gasteiger partial charge < -0.3 is 5.11 Å². The lowest BCUT2D eigenvalue weighted by atomic mass is 9.79. The van der Waals surface area contributed by atoms with Gasteiger partial charge in [0.2, 0.25) is 0 Å². The van der Waals surface area contributed by atoms with Crippen LogP contribution >= 0.6 is 0 Å². The van der Waals surface area contributed by atoms with Gasteiger partial charge in [-0.2, -0.15) is 0 Å². The van der Waals surface area contributed by atoms with Crippen molar-refractivity contribution in [2.24, 2.45) is 5.92 Å². The molecule has 2 atom stereocenters. The Morgan fingerprint density at radius 3 is 2.80 bits per heavy atom. The molecule has 0 bridgehead atoms. The van der Waals surface area contributed by atoms with E-state index in [9.17, 15) is 5.11 Å². The number of rotatable bonds is 1. The second kappa shape index (κ2) is 2.75. The normalized spacial score (nSPS) is 41.2. The number of hydrogen-bond donors (Lipinski definition) is 1. The minimum atomic E-state index is -0.544. The maximum atomic E-state index is 9.73. The molecule has 0 aliphatic heterocycles. The molecule has 0 aromatic heterocycles. The highest BCUT2D eigenvalue weighted by Crippen LogP contribution is 2.32. The first-order chi connectivity index (χ1) is 4.66. The summed E-state index contributed by atoms with van der Waals surface area (Å²) in [5, 5.41) is 9.73. The fourth-order valence-electron chi connectivity index (χ4n) is 1.75. The molecule has 1 nitrogen and oxygen atoms in total. The van der Waals surface area contributed by atoms with Crippen LogP contribution in [0.5, 0.6) is 0 Å². The Morgan fingerprint density at radius 1 is 1.70 bits per heavy atom. The SMILES string of the molecule is C=C[C@]1(O)CCC[C@@H](C)C1. The van der Waals surface area contributed by atoms with Crippen molar-refractivity contribution in [1.82, 2.24) is 0 Å². The van der Waals surface area contributed by atoms with Gasteiger partial charge in [0.15, 0.2) is 0 Å². The quantitative estimate of drug-likeness (QED) is 0.553. The standard InChI is InChI=1S/C9H16O/c1-3-9(10)6-4-5-8(2)7-9/h3,8,10H,1,4-7H2,2H3/t8-,9+/m1/s1. The number of hydrogen-bond acceptors (Lipinski definition) is 1. The zero-order valence-corrected chi connectivity index (χ0v) is 6.64. The fourth-order valence-corrected chi connectivity index (χ4v) is 1.75. The van der Waals surface area contributed by atoms with Gasteiger partial charge in [-0.3, -0.25) is 0 Å². The maximum absolute atomic E-state index is 9.73. The Hall–Kier alpha value is -0.300. The lowest BCUT2D eigenvalue weighted by Crippen LogP contribution is -2.31. The monoisotopic (exact) mass is 140 g/mol. The molecule has 0 unspecified atom stereocenters. The van der Waals surface area contributed by atoms with Crippen LogP contribution in [0, 0.1) is 5.92 Å². The van der Waals surface area contributed by atoms with Crippen molar-refractivity contribution in [3.63, 3.8) is 0 Å². The van der Waals surface area contributed by atoms with Gasteiger partial charge in [-0.1, -0.05) is 19.4 Å². The summed E-state index contributed by atoms with van der Waals surface area (Å²) >= 11 is 0. The highest BCUT2D eigenvalue weighted by molar-refractivity contribution is 4.98. The van der Waals surface area contributed by atoms with E-state index in [1.807, 2.05) is 0 Å². The van der Waals surface area contributed by atoms with E-state index >= 15 is 0 Å². The van der Waals surface area contributed by atoms with Gasteiger partial charge >= 0.3 is 0 Å². The van der Waals surface area contributed by atoms with Gasteiger partial charge in [0.05, 0.1) is 5.60 Å². The molecule has 1 rings (SSSR count). The Morgan fingerprint density at radius 2 is 2.40 bits per heavy atom. The summed E-state index contributed by atoms with van der Waals surface area (Å²) in [6.45, 7) is 5.83. The van der Waals surface area contributed by atoms with Crippen molar-refractivity contribution >= 4 is 0 Å². The third-order valence-electron chi connectivity index (χ3n) is 2.39. The highest BCUT2D eigenvalue weighted by atomic mass is 16.3. The van der Waals surface area contributed by atoms with Gasteiger partial charge in [-0.25, -0.2) is 0 Å². The third kappa shape index (κ3) is 1.60. The summed E-state index contributed by atoms with van der Waals surface area (Å²) in [5.41, 5.74) is -0.544. The first-order valence-electron chi connectivity index (χ1n) is 4.02. The smallest absolute Gasteiger partial charge is 0.0827 e. The lowest BCUT2D eigenvalue weighted by molar-refractivity contribution is 0.0322. The van der Waals surface area contributed by atoms with Crippen LogP contribution in [0.15, 0.2) is 12.7 Å². The molecule has 1 aliphatic carbocycles. The van der Waals surface area contributed by atoms with E-state index in [-0.39, 0.29) is 0 Å². The van der Waals surface area contributed by atoms with Crippen LogP contribution in [0.3, 0.4) is 0 Å². The molecule has 0 amide bonds. The van der Waals surface area contributed by atoms with Gasteiger partial charge in [0.25, 0.3) is 0 Å². The van der Waals surface area contributed by atoms with Crippen molar-refractivity contribution in [1.29, 1.82) is 0 Å². The van der Waals surface area contributed by atoms with E-state index in [1.165, 1.54) is 6.42 Å². The zero-order valence-electron chi connectivity index (χ0n) is 6.64. The summed E-state index contributed by atoms with van der Waals surface area (Å²) in [6, 6.07) is 0. The molecule has 10 heavy (non-hydrogen) atoms. The average molecular weight is 140 g/mol. The van der Waals surface area contributed by atoms with Crippen LogP contribution < -0.4 is 0 Å². The largest absolute Gasteiger partial charge is 0.386 e. The third-order valence-corrected chi connectivity index (χ3v) is 2.39. The van der Waals surface area contributed by atoms with Crippen molar-refractivity contribution in [3.05, 3.63) is 12.7 Å². The lowest BCUT2D eigenvalue weighted by Gasteiger charge is -2.32. The molecule has 0 aromatic rings. The number of aliphatic hydroxyl groups is 1. The predicted molar refractivity (Wildman–Crippen MR) is 42.8 cm³/mol. The summed E-state index contributed by atoms with van der Waals surface area (Å²) < 4.78 is 0. The predicted octanol–water partition coefficient (Wildman–Crippen LogP) is 2.11. The molecule has 0 heterocycles. The van der Waals surface area contributed by atoms with Crippen LogP contribution in [0.2, 0.25) is 0 Å². The average Bonchev–Trinajstić information content (AvgIpc) is 1.88. The summed E-state index contributed by atoms with van der Waals surface area (Å²) in [4.78, 5) is 0. The Balaban J connectivity index is 2.53. The van der Waals surface area contributed by atoms with E-state index in [1.54, 1.807) is 6.08 Å². The van der Waals surface area contributed by atoms with Crippen molar-refractivity contribution in [2.45, 2.75) is 38.2 Å². The molecule has 0 spiro atoms. The van der Waals surface area contributed by atoms with Crippen molar-refractivity contribution in [3.8, 4) is 0 Å². The van der Waals surface area contributed by atoms with Gasteiger partial charge in [0.1, 0.15) is 0 Å². The Labute approximate surface area is 62.8 Å². The highest BCUT2D eigenvalue weighted by Gasteiger charge is 2.28. The topological polar surface area (TPSA) is 20.2 Å². The van der Waals surface area contributed by atoms with Crippen LogP contribution in [-0.2, 0) is 0 Å². The van der Waals surface area contributed by atoms with E-state index in [4.69, 9.17) is 0 Å². The van der Waals surface area contributed by atoms with E-state index in [2.05, 4.69) is 13.5 Å². The first kappa shape index (κ1) is 7.80. The van der Waals surface area contributed by atoms with Gasteiger partial charge in [-0.05, 0) is 25.2 Å². The van der Waals surface area contributed by atoms with Crippen molar-refractivity contribution in [2.75, 3.05) is 0 Å². The molecule has 0 radical (unpaired) electrons. The molecular formula is C9H16O. The second-order valence-corrected chi connectivity index (χ2v) is 3.51. The van der Waals surface area contributed by atoms with Crippen LogP contribution in [0.1, 0.15) is 32.6 Å². The molecule has 1 fully saturated rings. The fraction of sp³-hybridized carbons (Fsp3) is 0.778. The van der Waals surface area contributed by atoms with Crippen LogP contribution in [0.4, 0.5) is 0 Å².